The van der Waals surface area contributed by atoms with Crippen molar-refractivity contribution in [3.63, 3.8) is 0 Å². The van der Waals surface area contributed by atoms with E-state index < -0.39 is 15.9 Å². The van der Waals surface area contributed by atoms with Crippen LogP contribution in [0.15, 0.2) is 54.6 Å². The molecule has 0 atom stereocenters. The number of sulfonamides is 1. The lowest BCUT2D eigenvalue weighted by Gasteiger charge is -2.32. The first-order valence-electron chi connectivity index (χ1n) is 13.3. The number of carbonyl (C=O) groups excluding carboxylic acids is 2. The molecule has 0 aromatic heterocycles. The lowest BCUT2D eigenvalue weighted by atomic mass is 10.1. The van der Waals surface area contributed by atoms with Crippen LogP contribution < -0.4 is 14.2 Å². The average molecular weight is 559 g/mol. The van der Waals surface area contributed by atoms with E-state index >= 15 is 0 Å². The zero-order valence-corrected chi connectivity index (χ0v) is 23.5. The SMILES string of the molecule is CCCCCS(=O)(=O)NC(=O)C=Cc1ccc(OCCOC)cc1OC1CCN(C(=O)c2ccccc2)CC1. The molecule has 0 aliphatic carbocycles. The van der Waals surface area contributed by atoms with Crippen LogP contribution in [-0.4, -0.2) is 70.4 Å². The number of rotatable bonds is 14. The first kappa shape index (κ1) is 30.2. The quantitative estimate of drug-likeness (QED) is 0.275. The van der Waals surface area contributed by atoms with Gasteiger partial charge in [-0.2, -0.15) is 0 Å². The fourth-order valence-electron chi connectivity index (χ4n) is 4.15. The third-order valence-corrected chi connectivity index (χ3v) is 7.61. The Hall–Kier alpha value is -3.37. The van der Waals surface area contributed by atoms with Crippen LogP contribution >= 0.6 is 0 Å². The van der Waals surface area contributed by atoms with E-state index in [1.165, 1.54) is 12.2 Å². The van der Waals surface area contributed by atoms with Crippen molar-refractivity contribution in [2.45, 2.75) is 45.1 Å². The third-order valence-electron chi connectivity index (χ3n) is 6.27. The van der Waals surface area contributed by atoms with Crippen LogP contribution in [0.4, 0.5) is 0 Å². The molecular formula is C29H38N2O7S. The molecule has 2 amide bonds. The molecule has 212 valence electrons. The van der Waals surface area contributed by atoms with Gasteiger partial charge >= 0.3 is 0 Å². The predicted octanol–water partition coefficient (Wildman–Crippen LogP) is 4.04. The fourth-order valence-corrected chi connectivity index (χ4v) is 5.21. The molecule has 1 aliphatic rings. The van der Waals surface area contributed by atoms with Crippen molar-refractivity contribution in [1.82, 2.24) is 9.62 Å². The minimum absolute atomic E-state index is 0.00173. The summed E-state index contributed by atoms with van der Waals surface area (Å²) in [6.07, 6.45) is 6.04. The highest BCUT2D eigenvalue weighted by Gasteiger charge is 2.25. The van der Waals surface area contributed by atoms with E-state index in [1.807, 2.05) is 42.2 Å². The first-order valence-corrected chi connectivity index (χ1v) is 15.0. The second-order valence-corrected chi connectivity index (χ2v) is 11.2. The molecule has 3 rings (SSSR count). The van der Waals surface area contributed by atoms with Crippen LogP contribution in [-0.2, 0) is 19.6 Å². The van der Waals surface area contributed by atoms with Gasteiger partial charge in [-0.15, -0.1) is 0 Å². The number of likely N-dealkylation sites (tertiary alicyclic amines) is 1. The minimum Gasteiger partial charge on any atom is -0.491 e. The number of methoxy groups -OCH3 is 1. The number of ether oxygens (including phenoxy) is 3. The Kier molecular flexibility index (Phi) is 11.8. The van der Waals surface area contributed by atoms with Gasteiger partial charge in [0.1, 0.15) is 24.2 Å². The summed E-state index contributed by atoms with van der Waals surface area (Å²) >= 11 is 0. The Morgan fingerprint density at radius 1 is 1.05 bits per heavy atom. The van der Waals surface area contributed by atoms with Crippen molar-refractivity contribution < 1.29 is 32.2 Å². The highest BCUT2D eigenvalue weighted by molar-refractivity contribution is 7.90. The zero-order valence-electron chi connectivity index (χ0n) is 22.6. The fraction of sp³-hybridized carbons (Fsp3) is 0.448. The third kappa shape index (κ3) is 10.0. The van der Waals surface area contributed by atoms with E-state index in [2.05, 4.69) is 4.72 Å². The summed E-state index contributed by atoms with van der Waals surface area (Å²) < 4.78 is 43.5. The predicted molar refractivity (Wildman–Crippen MR) is 150 cm³/mol. The summed E-state index contributed by atoms with van der Waals surface area (Å²) in [6.45, 7) is 3.90. The zero-order chi connectivity index (χ0) is 28.1. The van der Waals surface area contributed by atoms with Gasteiger partial charge in [-0.05, 0) is 36.8 Å². The summed E-state index contributed by atoms with van der Waals surface area (Å²) in [5.41, 5.74) is 1.27. The summed E-state index contributed by atoms with van der Waals surface area (Å²) in [7, 11) is -2.10. The Bertz CT molecular complexity index is 1210. The number of hydrogen-bond acceptors (Lipinski definition) is 7. The Balaban J connectivity index is 1.66. The lowest BCUT2D eigenvalue weighted by molar-refractivity contribution is -0.114. The Morgan fingerprint density at radius 3 is 2.49 bits per heavy atom. The second-order valence-electron chi connectivity index (χ2n) is 9.34. The Morgan fingerprint density at radius 2 is 1.79 bits per heavy atom. The van der Waals surface area contributed by atoms with Crippen molar-refractivity contribution in [2.75, 3.05) is 39.2 Å². The van der Waals surface area contributed by atoms with Gasteiger partial charge in [0.2, 0.25) is 10.0 Å². The molecule has 1 aliphatic heterocycles. The normalized spacial score (nSPS) is 14.4. The number of nitrogens with zero attached hydrogens (tertiary/aromatic N) is 1. The minimum atomic E-state index is -3.69. The number of amides is 2. The molecule has 1 heterocycles. The largest absolute Gasteiger partial charge is 0.491 e. The van der Waals surface area contributed by atoms with E-state index in [0.29, 0.717) is 68.2 Å². The number of benzene rings is 2. The maximum Gasteiger partial charge on any atom is 0.257 e. The van der Waals surface area contributed by atoms with E-state index in [0.717, 1.165) is 12.8 Å². The molecule has 0 bridgehead atoms. The van der Waals surface area contributed by atoms with E-state index in [4.69, 9.17) is 14.2 Å². The summed E-state index contributed by atoms with van der Waals surface area (Å²) in [5, 5.41) is 0. The van der Waals surface area contributed by atoms with Gasteiger partial charge in [-0.3, -0.25) is 9.59 Å². The van der Waals surface area contributed by atoms with Gasteiger partial charge < -0.3 is 19.1 Å². The average Bonchev–Trinajstić information content (AvgIpc) is 2.93. The topological polar surface area (TPSA) is 111 Å². The summed E-state index contributed by atoms with van der Waals surface area (Å²) in [6, 6.07) is 14.5. The number of hydrogen-bond donors (Lipinski definition) is 1. The molecule has 0 unspecified atom stereocenters. The monoisotopic (exact) mass is 558 g/mol. The van der Waals surface area contributed by atoms with Crippen molar-refractivity contribution in [3.05, 3.63) is 65.7 Å². The van der Waals surface area contributed by atoms with Gasteiger partial charge in [-0.25, -0.2) is 13.1 Å². The highest BCUT2D eigenvalue weighted by atomic mass is 32.2. The van der Waals surface area contributed by atoms with Crippen LogP contribution in [0.2, 0.25) is 0 Å². The van der Waals surface area contributed by atoms with Gasteiger partial charge in [0.05, 0.1) is 12.4 Å². The number of carbonyl (C=O) groups is 2. The van der Waals surface area contributed by atoms with Crippen LogP contribution in [0, 0.1) is 0 Å². The highest BCUT2D eigenvalue weighted by Crippen LogP contribution is 2.29. The maximum atomic E-state index is 12.8. The molecule has 1 fully saturated rings. The molecule has 0 saturated carbocycles. The van der Waals surface area contributed by atoms with E-state index in [-0.39, 0.29) is 17.8 Å². The van der Waals surface area contributed by atoms with Gasteiger partial charge in [0, 0.05) is 56.3 Å². The van der Waals surface area contributed by atoms with Crippen molar-refractivity contribution in [2.24, 2.45) is 0 Å². The molecule has 0 radical (unpaired) electrons. The number of nitrogens with one attached hydrogen (secondary N) is 1. The van der Waals surface area contributed by atoms with Gasteiger partial charge in [0.25, 0.3) is 11.8 Å². The van der Waals surface area contributed by atoms with Crippen LogP contribution in [0.25, 0.3) is 6.08 Å². The summed E-state index contributed by atoms with van der Waals surface area (Å²) in [4.78, 5) is 26.9. The molecular weight excluding hydrogens is 520 g/mol. The Labute approximate surface area is 231 Å². The molecule has 0 spiro atoms. The smallest absolute Gasteiger partial charge is 0.257 e. The summed E-state index contributed by atoms with van der Waals surface area (Å²) in [5.74, 6) is 0.284. The molecule has 2 aromatic carbocycles. The van der Waals surface area contributed by atoms with Crippen LogP contribution in [0.5, 0.6) is 11.5 Å². The lowest BCUT2D eigenvalue weighted by Crippen LogP contribution is -2.41. The molecule has 2 aromatic rings. The second kappa shape index (κ2) is 15.3. The maximum absolute atomic E-state index is 12.8. The van der Waals surface area contributed by atoms with Crippen molar-refractivity contribution >= 4 is 27.9 Å². The standard InChI is InChI=1S/C29H38N2O7S/c1-3-4-8-21-39(34,35)30-28(32)14-12-23-11-13-26(37-20-19-36-2)22-27(23)38-25-15-17-31(18-16-25)29(33)24-9-6-5-7-10-24/h5-7,9-14,22,25H,3-4,8,15-21H2,1-2H3,(H,30,32). The van der Waals surface area contributed by atoms with E-state index in [1.54, 1.807) is 25.3 Å². The van der Waals surface area contributed by atoms with Crippen LogP contribution in [0.3, 0.4) is 0 Å². The molecule has 9 nitrogen and oxygen atoms in total. The van der Waals surface area contributed by atoms with Crippen molar-refractivity contribution in [1.29, 1.82) is 0 Å². The van der Waals surface area contributed by atoms with Crippen LogP contribution in [0.1, 0.15) is 54.9 Å². The molecule has 10 heteroatoms. The molecule has 39 heavy (non-hydrogen) atoms. The van der Waals surface area contributed by atoms with E-state index in [9.17, 15) is 18.0 Å². The van der Waals surface area contributed by atoms with Gasteiger partial charge in [-0.1, -0.05) is 38.0 Å². The van der Waals surface area contributed by atoms with Gasteiger partial charge in [0.15, 0.2) is 0 Å². The molecule has 1 N–H and O–H groups in total. The molecule has 1 saturated heterocycles. The van der Waals surface area contributed by atoms with Crippen molar-refractivity contribution in [3.8, 4) is 11.5 Å². The first-order chi connectivity index (χ1) is 18.8. The number of piperidine rings is 1. The number of unbranched alkanes of at least 4 members (excludes halogenated alkanes) is 2.